The fraction of sp³-hybridized carbons (Fsp3) is 0.571. The number of nitrogens with one attached hydrogen (secondary N) is 3. The molecule has 0 atom stereocenters. The van der Waals surface area contributed by atoms with E-state index in [1.165, 1.54) is 37.1 Å². The number of H-pyrrole nitrogens is 2. The van der Waals surface area contributed by atoms with Crippen LogP contribution in [0.15, 0.2) is 17.3 Å². The quantitative estimate of drug-likeness (QED) is 0.620. The summed E-state index contributed by atoms with van der Waals surface area (Å²) in [4.78, 5) is 21.3. The van der Waals surface area contributed by atoms with Gasteiger partial charge in [-0.2, -0.15) is 11.8 Å². The normalized spacial score (nSPS) is 11.2. The first-order chi connectivity index (χ1) is 9.83. The molecule has 0 aliphatic heterocycles. The van der Waals surface area contributed by atoms with Crippen LogP contribution < -0.4 is 10.9 Å². The lowest BCUT2D eigenvalue weighted by Gasteiger charge is -2.03. The van der Waals surface area contributed by atoms with E-state index in [-0.39, 0.29) is 5.56 Å². The van der Waals surface area contributed by atoms with E-state index in [9.17, 15) is 4.79 Å². The molecule has 0 aromatic carbocycles. The van der Waals surface area contributed by atoms with E-state index in [4.69, 9.17) is 0 Å². The number of aromatic amines is 2. The van der Waals surface area contributed by atoms with Gasteiger partial charge in [-0.1, -0.05) is 13.3 Å². The summed E-state index contributed by atoms with van der Waals surface area (Å²) in [5.74, 6) is 2.48. The fourth-order valence-corrected chi connectivity index (χ4v) is 2.83. The molecule has 0 saturated heterocycles. The minimum atomic E-state index is -0.116. The summed E-state index contributed by atoms with van der Waals surface area (Å²) in [6.45, 7) is 3.96. The lowest BCUT2D eigenvalue weighted by Crippen LogP contribution is -2.15. The van der Waals surface area contributed by atoms with Gasteiger partial charge in [-0.15, -0.1) is 0 Å². The molecule has 0 aliphatic rings. The molecular formula is C14H22N4OS. The van der Waals surface area contributed by atoms with Crippen LogP contribution in [0.3, 0.4) is 0 Å². The van der Waals surface area contributed by atoms with E-state index in [1.807, 2.05) is 18.0 Å². The minimum Gasteiger partial charge on any atom is -0.355 e. The van der Waals surface area contributed by atoms with E-state index < -0.39 is 0 Å². The number of thioether (sulfide) groups is 1. The highest BCUT2D eigenvalue weighted by Gasteiger charge is 2.06. The van der Waals surface area contributed by atoms with E-state index in [2.05, 4.69) is 27.2 Å². The Kier molecular flexibility index (Phi) is 6.14. The molecule has 3 N–H and O–H groups in total. The van der Waals surface area contributed by atoms with Crippen LogP contribution >= 0.6 is 11.8 Å². The Morgan fingerprint density at radius 2 is 2.20 bits per heavy atom. The Labute approximate surface area is 123 Å². The van der Waals surface area contributed by atoms with Gasteiger partial charge in [0, 0.05) is 18.3 Å². The molecule has 2 aromatic rings. The summed E-state index contributed by atoms with van der Waals surface area (Å²) in [6, 6.07) is 0. The first kappa shape index (κ1) is 15.1. The molecule has 6 heteroatoms. The first-order valence-corrected chi connectivity index (χ1v) is 8.30. The predicted molar refractivity (Wildman–Crippen MR) is 85.3 cm³/mol. The van der Waals surface area contributed by atoms with Crippen LogP contribution in [0.4, 0.5) is 0 Å². The van der Waals surface area contributed by atoms with Crippen LogP contribution in [0.25, 0.3) is 11.0 Å². The van der Waals surface area contributed by atoms with Crippen molar-refractivity contribution >= 4 is 22.8 Å². The van der Waals surface area contributed by atoms with E-state index in [0.717, 1.165) is 24.2 Å². The molecule has 0 radical (unpaired) electrons. The van der Waals surface area contributed by atoms with Crippen molar-refractivity contribution in [2.24, 2.45) is 0 Å². The molecule has 0 fully saturated rings. The number of unbranched alkanes of at least 4 members (excludes halogenated alkanes) is 2. The van der Waals surface area contributed by atoms with E-state index in [1.54, 1.807) is 0 Å². The summed E-state index contributed by atoms with van der Waals surface area (Å²) in [5, 5.41) is 3.41. The molecule has 110 valence electrons. The fourth-order valence-electron chi connectivity index (χ4n) is 2.14. The highest BCUT2D eigenvalue weighted by atomic mass is 32.2. The highest BCUT2D eigenvalue weighted by Crippen LogP contribution is 2.11. The summed E-state index contributed by atoms with van der Waals surface area (Å²) in [7, 11) is 0. The molecule has 0 bridgehead atoms. The predicted octanol–water partition coefficient (Wildman–Crippen LogP) is 2.26. The average Bonchev–Trinajstić information content (AvgIpc) is 2.87. The molecule has 0 spiro atoms. The number of aromatic nitrogens is 3. The zero-order valence-electron chi connectivity index (χ0n) is 11.9. The van der Waals surface area contributed by atoms with Gasteiger partial charge in [0.1, 0.15) is 5.52 Å². The van der Waals surface area contributed by atoms with Crippen molar-refractivity contribution in [3.8, 4) is 0 Å². The number of fused-ring (bicyclic) bond motifs is 1. The summed E-state index contributed by atoms with van der Waals surface area (Å²) >= 11 is 2.01. The second-order valence-electron chi connectivity index (χ2n) is 4.70. The number of hydrogen-bond acceptors (Lipinski definition) is 4. The third-order valence-corrected chi connectivity index (χ3v) is 4.20. The molecule has 2 rings (SSSR count). The Balaban J connectivity index is 1.71. The van der Waals surface area contributed by atoms with Crippen molar-refractivity contribution in [3.05, 3.63) is 28.4 Å². The van der Waals surface area contributed by atoms with Crippen LogP contribution in [0.2, 0.25) is 0 Å². The van der Waals surface area contributed by atoms with Crippen LogP contribution in [0.1, 0.15) is 31.7 Å². The van der Waals surface area contributed by atoms with Gasteiger partial charge in [0.05, 0.1) is 11.8 Å². The maximum Gasteiger partial charge on any atom is 0.275 e. The van der Waals surface area contributed by atoms with E-state index in [0.29, 0.717) is 5.52 Å². The van der Waals surface area contributed by atoms with Crippen LogP contribution in [-0.4, -0.2) is 33.0 Å². The van der Waals surface area contributed by atoms with Crippen LogP contribution in [-0.2, 0) is 6.54 Å². The van der Waals surface area contributed by atoms with Crippen molar-refractivity contribution in [2.45, 2.75) is 32.7 Å². The number of rotatable bonds is 9. The summed E-state index contributed by atoms with van der Waals surface area (Å²) < 4.78 is 0. The Bertz CT molecular complexity index is 578. The second-order valence-corrected chi connectivity index (χ2v) is 6.10. The molecule has 0 aliphatic carbocycles. The van der Waals surface area contributed by atoms with Gasteiger partial charge in [-0.25, -0.2) is 4.98 Å². The van der Waals surface area contributed by atoms with Gasteiger partial charge in [0.15, 0.2) is 0 Å². The zero-order valence-corrected chi connectivity index (χ0v) is 12.7. The van der Waals surface area contributed by atoms with Crippen LogP contribution in [0, 0.1) is 0 Å². The lowest BCUT2D eigenvalue weighted by molar-refractivity contribution is 0.619. The van der Waals surface area contributed by atoms with E-state index >= 15 is 0 Å². The van der Waals surface area contributed by atoms with Gasteiger partial charge in [-0.3, -0.25) is 4.79 Å². The Hall–Kier alpha value is -1.27. The van der Waals surface area contributed by atoms with Crippen molar-refractivity contribution in [1.82, 2.24) is 20.3 Å². The molecule has 2 aromatic heterocycles. The summed E-state index contributed by atoms with van der Waals surface area (Å²) in [5.41, 5.74) is 2.25. The maximum atomic E-state index is 11.5. The molecule has 0 unspecified atom stereocenters. The van der Waals surface area contributed by atoms with Crippen molar-refractivity contribution in [3.63, 3.8) is 0 Å². The van der Waals surface area contributed by atoms with Gasteiger partial charge < -0.3 is 15.3 Å². The third-order valence-electron chi connectivity index (χ3n) is 3.21. The number of hydrogen-bond donors (Lipinski definition) is 3. The van der Waals surface area contributed by atoms with Gasteiger partial charge >= 0.3 is 0 Å². The minimum absolute atomic E-state index is 0.116. The molecular weight excluding hydrogens is 272 g/mol. The average molecular weight is 294 g/mol. The van der Waals surface area contributed by atoms with Crippen molar-refractivity contribution in [2.75, 3.05) is 18.1 Å². The maximum absolute atomic E-state index is 11.5. The zero-order chi connectivity index (χ0) is 14.2. The van der Waals surface area contributed by atoms with Gasteiger partial charge in [0.2, 0.25) is 0 Å². The Morgan fingerprint density at radius 1 is 1.30 bits per heavy atom. The highest BCUT2D eigenvalue weighted by molar-refractivity contribution is 7.99. The van der Waals surface area contributed by atoms with Crippen molar-refractivity contribution in [1.29, 1.82) is 0 Å². The molecule has 5 nitrogen and oxygen atoms in total. The molecule has 2 heterocycles. The smallest absolute Gasteiger partial charge is 0.275 e. The topological polar surface area (TPSA) is 73.6 Å². The monoisotopic (exact) mass is 294 g/mol. The SMILES string of the molecule is CCSCCCCCNCc1c[nH]c2c(=O)[nH]cnc12. The largest absolute Gasteiger partial charge is 0.355 e. The second kappa shape index (κ2) is 8.11. The standard InChI is InChI=1S/C14H22N4OS/c1-2-20-7-5-3-4-6-15-8-11-9-16-13-12(11)17-10-18-14(13)19/h9-10,15-16H,2-8H2,1H3,(H,17,18,19). The molecule has 20 heavy (non-hydrogen) atoms. The summed E-state index contributed by atoms with van der Waals surface area (Å²) in [6.07, 6.45) is 7.07. The molecule has 0 saturated carbocycles. The third kappa shape index (κ3) is 4.11. The lowest BCUT2D eigenvalue weighted by atomic mass is 10.2. The van der Waals surface area contributed by atoms with Gasteiger partial charge in [-0.05, 0) is 30.9 Å². The first-order valence-electron chi connectivity index (χ1n) is 7.15. The van der Waals surface area contributed by atoms with Crippen molar-refractivity contribution < 1.29 is 0 Å². The molecule has 0 amide bonds. The Morgan fingerprint density at radius 3 is 3.05 bits per heavy atom. The number of nitrogens with zero attached hydrogens (tertiary/aromatic N) is 1. The van der Waals surface area contributed by atoms with Crippen LogP contribution in [0.5, 0.6) is 0 Å². The van der Waals surface area contributed by atoms with Gasteiger partial charge in [0.25, 0.3) is 5.56 Å².